The highest BCUT2D eigenvalue weighted by atomic mass is 32.1. The minimum absolute atomic E-state index is 0.0741. The zero-order valence-corrected chi connectivity index (χ0v) is 13.6. The lowest BCUT2D eigenvalue weighted by Gasteiger charge is -2.26. The van der Waals surface area contributed by atoms with Gasteiger partial charge in [-0.15, -0.1) is 11.3 Å². The Bertz CT molecular complexity index is 717. The SMILES string of the molecule is Cc1[nH]c(=S)sc1CC(=O)N[C@@H]1CCCc2ccccc21. The van der Waals surface area contributed by atoms with E-state index >= 15 is 0 Å². The van der Waals surface area contributed by atoms with Crippen LogP contribution in [0.3, 0.4) is 0 Å². The summed E-state index contributed by atoms with van der Waals surface area (Å²) >= 11 is 6.61. The van der Waals surface area contributed by atoms with E-state index in [1.807, 2.05) is 13.0 Å². The van der Waals surface area contributed by atoms with E-state index in [9.17, 15) is 4.79 Å². The third kappa shape index (κ3) is 3.24. The lowest BCUT2D eigenvalue weighted by atomic mass is 9.87. The van der Waals surface area contributed by atoms with Gasteiger partial charge < -0.3 is 10.3 Å². The monoisotopic (exact) mass is 318 g/mol. The Balaban J connectivity index is 1.71. The number of carbonyl (C=O) groups excluding carboxylic acids is 1. The topological polar surface area (TPSA) is 44.9 Å². The van der Waals surface area contributed by atoms with Crippen LogP contribution in [0.15, 0.2) is 24.3 Å². The van der Waals surface area contributed by atoms with E-state index in [2.05, 4.69) is 28.5 Å². The lowest BCUT2D eigenvalue weighted by Crippen LogP contribution is -2.32. The molecule has 0 saturated heterocycles. The normalized spacial score (nSPS) is 17.3. The third-order valence-electron chi connectivity index (χ3n) is 3.95. The van der Waals surface area contributed by atoms with Gasteiger partial charge >= 0.3 is 0 Å². The minimum atomic E-state index is 0.0741. The molecule has 1 aliphatic rings. The van der Waals surface area contributed by atoms with Gasteiger partial charge in [0, 0.05) is 10.6 Å². The fourth-order valence-electron chi connectivity index (χ4n) is 2.90. The fourth-order valence-corrected chi connectivity index (χ4v) is 4.19. The third-order valence-corrected chi connectivity index (χ3v) is 5.29. The molecule has 0 aliphatic heterocycles. The number of aromatic amines is 1. The smallest absolute Gasteiger partial charge is 0.225 e. The highest BCUT2D eigenvalue weighted by molar-refractivity contribution is 7.73. The summed E-state index contributed by atoms with van der Waals surface area (Å²) in [5, 5.41) is 3.18. The van der Waals surface area contributed by atoms with Gasteiger partial charge in [-0.25, -0.2) is 0 Å². The van der Waals surface area contributed by atoms with E-state index < -0.39 is 0 Å². The van der Waals surface area contributed by atoms with Crippen molar-refractivity contribution in [2.24, 2.45) is 0 Å². The number of fused-ring (bicyclic) bond motifs is 1. The van der Waals surface area contributed by atoms with Gasteiger partial charge in [0.25, 0.3) is 0 Å². The zero-order chi connectivity index (χ0) is 14.8. The Hall–Kier alpha value is -1.46. The Kier molecular flexibility index (Phi) is 4.22. The van der Waals surface area contributed by atoms with Gasteiger partial charge in [-0.05, 0) is 49.5 Å². The molecule has 110 valence electrons. The van der Waals surface area contributed by atoms with E-state index in [1.165, 1.54) is 22.5 Å². The molecule has 0 bridgehead atoms. The van der Waals surface area contributed by atoms with Crippen molar-refractivity contribution in [2.75, 3.05) is 0 Å². The molecule has 3 nitrogen and oxygen atoms in total. The molecule has 1 amide bonds. The molecule has 0 fully saturated rings. The Morgan fingerprint density at radius 3 is 3.05 bits per heavy atom. The molecule has 2 aromatic rings. The number of amides is 1. The first-order valence-electron chi connectivity index (χ1n) is 7.19. The Morgan fingerprint density at radius 2 is 2.29 bits per heavy atom. The number of H-pyrrole nitrogens is 1. The van der Waals surface area contributed by atoms with Crippen LogP contribution >= 0.6 is 23.6 Å². The average molecular weight is 318 g/mol. The van der Waals surface area contributed by atoms with Gasteiger partial charge in [-0.1, -0.05) is 24.3 Å². The van der Waals surface area contributed by atoms with E-state index in [4.69, 9.17) is 12.2 Å². The predicted octanol–water partition coefficient (Wildman–Crippen LogP) is 3.85. The lowest BCUT2D eigenvalue weighted by molar-refractivity contribution is -0.121. The van der Waals surface area contributed by atoms with E-state index in [0.29, 0.717) is 6.42 Å². The van der Waals surface area contributed by atoms with Crippen LogP contribution < -0.4 is 5.32 Å². The summed E-state index contributed by atoms with van der Waals surface area (Å²) < 4.78 is 0.735. The van der Waals surface area contributed by atoms with Gasteiger partial charge in [-0.2, -0.15) is 0 Å². The summed E-state index contributed by atoms with van der Waals surface area (Å²) in [5.41, 5.74) is 3.64. The molecule has 0 spiro atoms. The number of benzene rings is 1. The second-order valence-corrected chi connectivity index (χ2v) is 7.22. The van der Waals surface area contributed by atoms with Crippen LogP contribution in [-0.2, 0) is 17.6 Å². The molecule has 1 aliphatic carbocycles. The molecule has 1 atom stereocenters. The summed E-state index contributed by atoms with van der Waals surface area (Å²) in [7, 11) is 0. The van der Waals surface area contributed by atoms with Crippen molar-refractivity contribution in [3.8, 4) is 0 Å². The predicted molar refractivity (Wildman–Crippen MR) is 88.2 cm³/mol. The highest BCUT2D eigenvalue weighted by Crippen LogP contribution is 2.29. The highest BCUT2D eigenvalue weighted by Gasteiger charge is 2.21. The Labute approximate surface area is 133 Å². The second kappa shape index (κ2) is 6.12. The molecule has 1 aromatic heterocycles. The molecule has 21 heavy (non-hydrogen) atoms. The number of nitrogens with one attached hydrogen (secondary N) is 2. The van der Waals surface area contributed by atoms with Gasteiger partial charge in [0.2, 0.25) is 5.91 Å². The molecule has 0 saturated carbocycles. The molecule has 5 heteroatoms. The van der Waals surface area contributed by atoms with Crippen molar-refractivity contribution in [1.82, 2.24) is 10.3 Å². The summed E-state index contributed by atoms with van der Waals surface area (Å²) in [4.78, 5) is 16.4. The molecule has 3 rings (SSSR count). The maximum absolute atomic E-state index is 12.3. The number of thiazole rings is 1. The van der Waals surface area contributed by atoms with E-state index in [-0.39, 0.29) is 11.9 Å². The first-order chi connectivity index (χ1) is 10.1. The van der Waals surface area contributed by atoms with Gasteiger partial charge in [0.05, 0.1) is 12.5 Å². The first kappa shape index (κ1) is 14.5. The number of carbonyl (C=O) groups is 1. The zero-order valence-electron chi connectivity index (χ0n) is 11.9. The second-order valence-electron chi connectivity index (χ2n) is 5.45. The van der Waals surface area contributed by atoms with Crippen molar-refractivity contribution in [3.63, 3.8) is 0 Å². The van der Waals surface area contributed by atoms with E-state index in [1.54, 1.807) is 0 Å². The van der Waals surface area contributed by atoms with Crippen LogP contribution in [-0.4, -0.2) is 10.9 Å². The van der Waals surface area contributed by atoms with Crippen molar-refractivity contribution in [3.05, 3.63) is 49.9 Å². The maximum Gasteiger partial charge on any atom is 0.225 e. The molecular formula is C16H18N2OS2. The maximum atomic E-state index is 12.3. The van der Waals surface area contributed by atoms with Crippen LogP contribution in [0.4, 0.5) is 0 Å². The van der Waals surface area contributed by atoms with Crippen LogP contribution in [0.2, 0.25) is 0 Å². The number of hydrogen-bond donors (Lipinski definition) is 2. The van der Waals surface area contributed by atoms with Crippen molar-refractivity contribution < 1.29 is 4.79 Å². The minimum Gasteiger partial charge on any atom is -0.349 e. The van der Waals surface area contributed by atoms with Gasteiger partial charge in [0.15, 0.2) is 3.95 Å². The van der Waals surface area contributed by atoms with Crippen LogP contribution in [0.1, 0.15) is 40.6 Å². The summed E-state index contributed by atoms with van der Waals surface area (Å²) in [6, 6.07) is 8.56. The van der Waals surface area contributed by atoms with Gasteiger partial charge in [0.1, 0.15) is 0 Å². The number of hydrogen-bond acceptors (Lipinski definition) is 3. The largest absolute Gasteiger partial charge is 0.349 e. The molecule has 1 aromatic carbocycles. The standard InChI is InChI=1S/C16H18N2OS2/c1-10-14(21-16(20)17-10)9-15(19)18-13-8-4-6-11-5-2-3-7-12(11)13/h2-3,5,7,13H,4,6,8-9H2,1H3,(H,17,20)(H,18,19)/t13-/m1/s1. The van der Waals surface area contributed by atoms with Crippen molar-refractivity contribution >= 4 is 29.5 Å². The fraction of sp³-hybridized carbons (Fsp3) is 0.375. The summed E-state index contributed by atoms with van der Waals surface area (Å²) in [6.07, 6.45) is 3.66. The molecule has 1 heterocycles. The van der Waals surface area contributed by atoms with E-state index in [0.717, 1.165) is 33.8 Å². The number of aromatic nitrogens is 1. The Morgan fingerprint density at radius 1 is 1.48 bits per heavy atom. The van der Waals surface area contributed by atoms with Crippen LogP contribution in [0, 0.1) is 10.9 Å². The molecule has 2 N–H and O–H groups in total. The first-order valence-corrected chi connectivity index (χ1v) is 8.41. The average Bonchev–Trinajstić information content (AvgIpc) is 2.77. The number of aryl methyl sites for hydroxylation is 2. The summed E-state index contributed by atoms with van der Waals surface area (Å²) in [5.74, 6) is 0.0741. The van der Waals surface area contributed by atoms with Crippen LogP contribution in [0.5, 0.6) is 0 Å². The molecular weight excluding hydrogens is 300 g/mol. The van der Waals surface area contributed by atoms with Crippen molar-refractivity contribution in [1.29, 1.82) is 0 Å². The molecule has 0 radical (unpaired) electrons. The van der Waals surface area contributed by atoms with Gasteiger partial charge in [-0.3, -0.25) is 4.79 Å². The summed E-state index contributed by atoms with van der Waals surface area (Å²) in [6.45, 7) is 1.96. The van der Waals surface area contributed by atoms with Crippen molar-refractivity contribution in [2.45, 2.75) is 38.6 Å². The van der Waals surface area contributed by atoms with Crippen LogP contribution in [0.25, 0.3) is 0 Å². The molecule has 0 unspecified atom stereocenters. The quantitative estimate of drug-likeness (QED) is 0.844. The number of rotatable bonds is 3.